The quantitative estimate of drug-likeness (QED) is 0.845. The Labute approximate surface area is 119 Å². The Morgan fingerprint density at radius 2 is 1.85 bits per heavy atom. The van der Waals surface area contributed by atoms with Gasteiger partial charge in [-0.2, -0.15) is 0 Å². The first kappa shape index (κ1) is 14.2. The molecule has 0 saturated heterocycles. The first-order valence-electron chi connectivity index (χ1n) is 6.95. The molecule has 5 nitrogen and oxygen atoms in total. The summed E-state index contributed by atoms with van der Waals surface area (Å²) < 4.78 is 0. The highest BCUT2D eigenvalue weighted by atomic mass is 15.1. The first-order chi connectivity index (χ1) is 9.72. The van der Waals surface area contributed by atoms with Crippen LogP contribution < -0.4 is 10.6 Å². The largest absolute Gasteiger partial charge is 0.373 e. The van der Waals surface area contributed by atoms with Crippen molar-refractivity contribution >= 4 is 11.6 Å². The summed E-state index contributed by atoms with van der Waals surface area (Å²) in [5, 5.41) is 6.49. The van der Waals surface area contributed by atoms with Crippen molar-refractivity contribution in [3.8, 4) is 0 Å². The lowest BCUT2D eigenvalue weighted by atomic mass is 10.1. The monoisotopic (exact) mass is 271 g/mol. The topological polar surface area (TPSA) is 62.7 Å². The second-order valence-corrected chi connectivity index (χ2v) is 4.70. The van der Waals surface area contributed by atoms with E-state index in [0.717, 1.165) is 30.3 Å². The molecule has 0 radical (unpaired) electrons. The summed E-state index contributed by atoms with van der Waals surface area (Å²) in [4.78, 5) is 13.0. The first-order valence-corrected chi connectivity index (χ1v) is 6.95. The molecule has 2 aromatic heterocycles. The number of aryl methyl sites for hydroxylation is 1. The SMILES string of the molecule is CCCc1nc(NC)cc(NC(C)c2ccncc2)n1. The average Bonchev–Trinajstić information content (AvgIpc) is 2.48. The number of rotatable bonds is 6. The summed E-state index contributed by atoms with van der Waals surface area (Å²) >= 11 is 0. The number of nitrogens with zero attached hydrogens (tertiary/aromatic N) is 3. The fourth-order valence-electron chi connectivity index (χ4n) is 1.99. The van der Waals surface area contributed by atoms with Gasteiger partial charge in [0, 0.05) is 31.9 Å². The molecule has 0 aliphatic heterocycles. The molecule has 2 rings (SSSR count). The van der Waals surface area contributed by atoms with Crippen LogP contribution >= 0.6 is 0 Å². The Bertz CT molecular complexity index is 541. The molecule has 0 aromatic carbocycles. The van der Waals surface area contributed by atoms with Crippen LogP contribution in [-0.4, -0.2) is 22.0 Å². The van der Waals surface area contributed by atoms with Crippen molar-refractivity contribution in [3.63, 3.8) is 0 Å². The Morgan fingerprint density at radius 3 is 2.50 bits per heavy atom. The molecule has 2 heterocycles. The highest BCUT2D eigenvalue weighted by molar-refractivity contribution is 5.48. The zero-order valence-electron chi connectivity index (χ0n) is 12.2. The highest BCUT2D eigenvalue weighted by Gasteiger charge is 2.08. The Balaban J connectivity index is 2.17. The molecule has 5 heteroatoms. The van der Waals surface area contributed by atoms with E-state index >= 15 is 0 Å². The number of hydrogen-bond donors (Lipinski definition) is 2. The third-order valence-corrected chi connectivity index (χ3v) is 3.07. The second kappa shape index (κ2) is 6.84. The van der Waals surface area contributed by atoms with Gasteiger partial charge in [-0.3, -0.25) is 4.98 Å². The van der Waals surface area contributed by atoms with Gasteiger partial charge in [-0.25, -0.2) is 9.97 Å². The molecule has 0 saturated carbocycles. The maximum atomic E-state index is 4.56. The molecule has 0 bridgehead atoms. The smallest absolute Gasteiger partial charge is 0.133 e. The number of hydrogen-bond acceptors (Lipinski definition) is 5. The summed E-state index contributed by atoms with van der Waals surface area (Å²) in [7, 11) is 1.87. The van der Waals surface area contributed by atoms with Crippen LogP contribution in [0.4, 0.5) is 11.6 Å². The minimum Gasteiger partial charge on any atom is -0.373 e. The van der Waals surface area contributed by atoms with Crippen molar-refractivity contribution in [2.24, 2.45) is 0 Å². The molecule has 0 amide bonds. The number of pyridine rings is 1. The average molecular weight is 271 g/mol. The fraction of sp³-hybridized carbons (Fsp3) is 0.400. The number of nitrogens with one attached hydrogen (secondary N) is 2. The van der Waals surface area contributed by atoms with Gasteiger partial charge in [0.05, 0.1) is 6.04 Å². The minimum absolute atomic E-state index is 0.173. The maximum absolute atomic E-state index is 4.56. The van der Waals surface area contributed by atoms with Crippen LogP contribution in [0.25, 0.3) is 0 Å². The van der Waals surface area contributed by atoms with Crippen molar-refractivity contribution < 1.29 is 0 Å². The van der Waals surface area contributed by atoms with Gasteiger partial charge in [-0.05, 0) is 31.0 Å². The lowest BCUT2D eigenvalue weighted by Gasteiger charge is -2.16. The fourth-order valence-corrected chi connectivity index (χ4v) is 1.99. The van der Waals surface area contributed by atoms with Crippen molar-refractivity contribution in [1.29, 1.82) is 0 Å². The van der Waals surface area contributed by atoms with E-state index in [4.69, 9.17) is 0 Å². The molecule has 1 atom stereocenters. The zero-order valence-corrected chi connectivity index (χ0v) is 12.2. The van der Waals surface area contributed by atoms with E-state index < -0.39 is 0 Å². The van der Waals surface area contributed by atoms with Crippen LogP contribution in [0.2, 0.25) is 0 Å². The van der Waals surface area contributed by atoms with Crippen LogP contribution in [0, 0.1) is 0 Å². The van der Waals surface area contributed by atoms with Gasteiger partial charge in [0.2, 0.25) is 0 Å². The van der Waals surface area contributed by atoms with Gasteiger partial charge in [-0.15, -0.1) is 0 Å². The Kier molecular flexibility index (Phi) is 4.87. The van der Waals surface area contributed by atoms with Crippen molar-refractivity contribution in [3.05, 3.63) is 42.0 Å². The van der Waals surface area contributed by atoms with Gasteiger partial charge in [-0.1, -0.05) is 6.92 Å². The molecular formula is C15H21N5. The van der Waals surface area contributed by atoms with Crippen molar-refractivity contribution in [1.82, 2.24) is 15.0 Å². The molecular weight excluding hydrogens is 250 g/mol. The van der Waals surface area contributed by atoms with Crippen LogP contribution in [0.1, 0.15) is 37.7 Å². The molecule has 2 N–H and O–H groups in total. The van der Waals surface area contributed by atoms with Crippen LogP contribution in [-0.2, 0) is 6.42 Å². The van der Waals surface area contributed by atoms with E-state index in [0.29, 0.717) is 0 Å². The zero-order chi connectivity index (χ0) is 14.4. The molecule has 0 aliphatic carbocycles. The lowest BCUT2D eigenvalue weighted by molar-refractivity contribution is 0.819. The normalized spacial score (nSPS) is 11.9. The minimum atomic E-state index is 0.173. The summed E-state index contributed by atoms with van der Waals surface area (Å²) in [6.45, 7) is 4.23. The van der Waals surface area contributed by atoms with Crippen molar-refractivity contribution in [2.45, 2.75) is 32.7 Å². The lowest BCUT2D eigenvalue weighted by Crippen LogP contribution is -2.10. The standard InChI is InChI=1S/C15H21N5/c1-4-5-13-19-14(16-3)10-15(20-13)18-11(2)12-6-8-17-9-7-12/h6-11H,4-5H2,1-3H3,(H2,16,18,19,20). The van der Waals surface area contributed by atoms with Gasteiger partial charge in [0.25, 0.3) is 0 Å². The number of anilines is 2. The molecule has 0 spiro atoms. The molecule has 0 aliphatic rings. The molecule has 106 valence electrons. The van der Waals surface area contributed by atoms with Crippen molar-refractivity contribution in [2.75, 3.05) is 17.7 Å². The van der Waals surface area contributed by atoms with Crippen LogP contribution in [0.15, 0.2) is 30.6 Å². The summed E-state index contributed by atoms with van der Waals surface area (Å²) in [5.41, 5.74) is 1.18. The maximum Gasteiger partial charge on any atom is 0.133 e. The Hall–Kier alpha value is -2.17. The Morgan fingerprint density at radius 1 is 1.15 bits per heavy atom. The molecule has 20 heavy (non-hydrogen) atoms. The van der Waals surface area contributed by atoms with E-state index in [1.165, 1.54) is 5.56 Å². The van der Waals surface area contributed by atoms with Crippen LogP contribution in [0.5, 0.6) is 0 Å². The van der Waals surface area contributed by atoms with Gasteiger partial charge in [0.15, 0.2) is 0 Å². The summed E-state index contributed by atoms with van der Waals surface area (Å²) in [6.07, 6.45) is 5.52. The predicted molar refractivity (Wildman–Crippen MR) is 81.8 cm³/mol. The highest BCUT2D eigenvalue weighted by Crippen LogP contribution is 2.19. The van der Waals surface area contributed by atoms with E-state index in [2.05, 4.69) is 39.4 Å². The summed E-state index contributed by atoms with van der Waals surface area (Å²) in [6, 6.07) is 6.11. The number of aromatic nitrogens is 3. The molecule has 2 aromatic rings. The predicted octanol–water partition coefficient (Wildman–Crippen LogP) is 3.04. The summed E-state index contributed by atoms with van der Waals surface area (Å²) in [5.74, 6) is 2.55. The second-order valence-electron chi connectivity index (χ2n) is 4.70. The van der Waals surface area contributed by atoms with E-state index in [1.807, 2.05) is 25.2 Å². The van der Waals surface area contributed by atoms with Gasteiger partial charge in [0.1, 0.15) is 17.5 Å². The van der Waals surface area contributed by atoms with Gasteiger partial charge < -0.3 is 10.6 Å². The van der Waals surface area contributed by atoms with Crippen LogP contribution in [0.3, 0.4) is 0 Å². The van der Waals surface area contributed by atoms with Gasteiger partial charge >= 0.3 is 0 Å². The third kappa shape index (κ3) is 3.66. The van der Waals surface area contributed by atoms with E-state index in [9.17, 15) is 0 Å². The van der Waals surface area contributed by atoms with E-state index in [-0.39, 0.29) is 6.04 Å². The third-order valence-electron chi connectivity index (χ3n) is 3.07. The van der Waals surface area contributed by atoms with E-state index in [1.54, 1.807) is 12.4 Å². The molecule has 1 unspecified atom stereocenters. The molecule has 0 fully saturated rings.